The normalized spacial score (nSPS) is 17.9. The molecule has 18 heavy (non-hydrogen) atoms. The van der Waals surface area contributed by atoms with E-state index in [2.05, 4.69) is 36.9 Å². The molecule has 1 aliphatic heterocycles. The van der Waals surface area contributed by atoms with Crippen LogP contribution in [0.5, 0.6) is 0 Å². The number of hydrogen-bond acceptors (Lipinski definition) is 4. The third-order valence-corrected chi connectivity index (χ3v) is 2.92. The minimum Gasteiger partial charge on any atom is -0.352 e. The number of halogens is 1. The number of nitrogens with zero attached hydrogens (tertiary/aromatic N) is 1. The van der Waals surface area contributed by atoms with Crippen molar-refractivity contribution in [2.75, 3.05) is 18.4 Å². The monoisotopic (exact) mass is 310 g/mol. The van der Waals surface area contributed by atoms with Crippen molar-refractivity contribution < 1.29 is 4.79 Å². The van der Waals surface area contributed by atoms with Crippen molar-refractivity contribution >= 4 is 33.5 Å². The van der Waals surface area contributed by atoms with E-state index in [0.29, 0.717) is 12.0 Å². The van der Waals surface area contributed by atoms with Gasteiger partial charge in [0.05, 0.1) is 13.1 Å². The minimum atomic E-state index is -0.0999. The first-order chi connectivity index (χ1) is 8.63. The Morgan fingerprint density at radius 1 is 1.61 bits per heavy atom. The molecular formula is C12H15BrN4O. The second-order valence-corrected chi connectivity index (χ2v) is 5.06. The molecule has 1 atom stereocenters. The molecule has 1 aliphatic rings. The lowest BCUT2D eigenvalue weighted by Gasteiger charge is -2.09. The highest BCUT2D eigenvalue weighted by Crippen LogP contribution is 2.15. The summed E-state index contributed by atoms with van der Waals surface area (Å²) in [4.78, 5) is 15.9. The van der Waals surface area contributed by atoms with Gasteiger partial charge in [-0.25, -0.2) is 0 Å². The Balaban J connectivity index is 1.79. The standard InChI is InChI=1S/C12H15BrN4O/c1-8-6-14-12(16-8)15-7-11(18)17-10-4-2-3-9(13)5-10/h2-5,8H,6-7H2,1H3,(H,17,18)(H2,14,15,16). The Kier molecular flexibility index (Phi) is 4.19. The van der Waals surface area contributed by atoms with Crippen LogP contribution >= 0.6 is 15.9 Å². The highest BCUT2D eigenvalue weighted by molar-refractivity contribution is 9.10. The van der Waals surface area contributed by atoms with Crippen molar-refractivity contribution in [1.29, 1.82) is 0 Å². The van der Waals surface area contributed by atoms with Crippen LogP contribution in [0.1, 0.15) is 6.92 Å². The van der Waals surface area contributed by atoms with Crippen LogP contribution in [0.4, 0.5) is 5.69 Å². The molecule has 6 heteroatoms. The van der Waals surface area contributed by atoms with E-state index in [-0.39, 0.29) is 12.5 Å². The van der Waals surface area contributed by atoms with Gasteiger partial charge in [0.2, 0.25) is 5.91 Å². The summed E-state index contributed by atoms with van der Waals surface area (Å²) in [6, 6.07) is 7.81. The lowest BCUT2D eigenvalue weighted by molar-refractivity contribution is -0.115. The highest BCUT2D eigenvalue weighted by atomic mass is 79.9. The van der Waals surface area contributed by atoms with Crippen LogP contribution in [0.2, 0.25) is 0 Å². The zero-order valence-corrected chi connectivity index (χ0v) is 11.6. The van der Waals surface area contributed by atoms with Gasteiger partial charge in [0, 0.05) is 16.2 Å². The number of carbonyl (C=O) groups is 1. The Bertz CT molecular complexity index is 475. The average molecular weight is 311 g/mol. The molecule has 0 radical (unpaired) electrons. The van der Waals surface area contributed by atoms with E-state index in [9.17, 15) is 4.79 Å². The van der Waals surface area contributed by atoms with Crippen LogP contribution < -0.4 is 16.0 Å². The number of anilines is 1. The molecule has 2 rings (SSSR count). The van der Waals surface area contributed by atoms with Gasteiger partial charge >= 0.3 is 0 Å². The van der Waals surface area contributed by atoms with Crippen LogP contribution in [-0.2, 0) is 4.79 Å². The molecule has 0 fully saturated rings. The largest absolute Gasteiger partial charge is 0.352 e. The quantitative estimate of drug-likeness (QED) is 0.789. The van der Waals surface area contributed by atoms with Gasteiger partial charge in [-0.05, 0) is 25.1 Å². The van der Waals surface area contributed by atoms with Crippen molar-refractivity contribution in [3.63, 3.8) is 0 Å². The van der Waals surface area contributed by atoms with Crippen molar-refractivity contribution in [1.82, 2.24) is 10.6 Å². The molecule has 5 nitrogen and oxygen atoms in total. The first-order valence-electron chi connectivity index (χ1n) is 5.74. The Morgan fingerprint density at radius 3 is 3.11 bits per heavy atom. The smallest absolute Gasteiger partial charge is 0.243 e. The van der Waals surface area contributed by atoms with E-state index in [4.69, 9.17) is 0 Å². The van der Waals surface area contributed by atoms with Gasteiger partial charge in [-0.3, -0.25) is 9.79 Å². The summed E-state index contributed by atoms with van der Waals surface area (Å²) in [5.74, 6) is 0.587. The third kappa shape index (κ3) is 3.73. The van der Waals surface area contributed by atoms with Crippen LogP contribution in [0.15, 0.2) is 33.7 Å². The fraction of sp³-hybridized carbons (Fsp3) is 0.333. The fourth-order valence-electron chi connectivity index (χ4n) is 1.60. The molecule has 0 aliphatic carbocycles. The Labute approximate surface area is 114 Å². The van der Waals surface area contributed by atoms with E-state index < -0.39 is 0 Å². The lowest BCUT2D eigenvalue weighted by atomic mass is 10.3. The summed E-state index contributed by atoms with van der Waals surface area (Å²) in [6.45, 7) is 2.99. The summed E-state index contributed by atoms with van der Waals surface area (Å²) in [6.07, 6.45) is 0. The van der Waals surface area contributed by atoms with E-state index in [0.717, 1.165) is 16.7 Å². The van der Waals surface area contributed by atoms with Crippen LogP contribution in [0.25, 0.3) is 0 Å². The fourth-order valence-corrected chi connectivity index (χ4v) is 1.99. The molecule has 1 unspecified atom stereocenters. The van der Waals surface area contributed by atoms with Gasteiger partial charge in [-0.1, -0.05) is 22.0 Å². The summed E-state index contributed by atoms with van der Waals surface area (Å²) < 4.78 is 0.934. The number of aliphatic imine (C=N–C) groups is 1. The maximum absolute atomic E-state index is 11.7. The summed E-state index contributed by atoms with van der Waals surface area (Å²) in [5, 5.41) is 8.90. The van der Waals surface area contributed by atoms with E-state index >= 15 is 0 Å². The first kappa shape index (κ1) is 12.9. The maximum Gasteiger partial charge on any atom is 0.243 e. The first-order valence-corrected chi connectivity index (χ1v) is 6.53. The number of amides is 1. The summed E-state index contributed by atoms with van der Waals surface area (Å²) >= 11 is 3.36. The van der Waals surface area contributed by atoms with Crippen molar-refractivity contribution in [3.8, 4) is 0 Å². The van der Waals surface area contributed by atoms with E-state index in [1.54, 1.807) is 0 Å². The topological polar surface area (TPSA) is 65.5 Å². The van der Waals surface area contributed by atoms with Gasteiger partial charge in [0.25, 0.3) is 0 Å². The van der Waals surface area contributed by atoms with Crippen molar-refractivity contribution in [2.45, 2.75) is 13.0 Å². The molecule has 1 aromatic carbocycles. The molecule has 0 spiro atoms. The number of nitrogens with one attached hydrogen (secondary N) is 3. The predicted molar refractivity (Wildman–Crippen MR) is 75.7 cm³/mol. The van der Waals surface area contributed by atoms with Gasteiger partial charge in [-0.15, -0.1) is 0 Å². The minimum absolute atomic E-state index is 0.0999. The van der Waals surface area contributed by atoms with Crippen molar-refractivity contribution in [2.24, 2.45) is 4.99 Å². The molecule has 0 aromatic heterocycles. The summed E-state index contributed by atoms with van der Waals surface area (Å²) in [7, 11) is 0. The Morgan fingerprint density at radius 2 is 2.44 bits per heavy atom. The predicted octanol–water partition coefficient (Wildman–Crippen LogP) is 1.32. The number of benzene rings is 1. The Hall–Kier alpha value is -1.56. The highest BCUT2D eigenvalue weighted by Gasteiger charge is 2.12. The SMILES string of the molecule is CC1CN=C(NCC(=O)Nc2cccc(Br)c2)N1. The number of guanidine groups is 1. The molecule has 1 amide bonds. The van der Waals surface area contributed by atoms with Gasteiger partial charge < -0.3 is 16.0 Å². The molecule has 0 bridgehead atoms. The van der Waals surface area contributed by atoms with Gasteiger partial charge in [-0.2, -0.15) is 0 Å². The van der Waals surface area contributed by atoms with Crippen LogP contribution in [0.3, 0.4) is 0 Å². The van der Waals surface area contributed by atoms with E-state index in [1.165, 1.54) is 0 Å². The van der Waals surface area contributed by atoms with Gasteiger partial charge in [0.1, 0.15) is 0 Å². The number of rotatable bonds is 3. The third-order valence-electron chi connectivity index (χ3n) is 2.43. The summed E-state index contributed by atoms with van der Waals surface area (Å²) in [5.41, 5.74) is 0.769. The molecule has 96 valence electrons. The molecule has 0 saturated heterocycles. The molecule has 1 heterocycles. The molecule has 1 aromatic rings. The molecule has 3 N–H and O–H groups in total. The second kappa shape index (κ2) is 5.86. The van der Waals surface area contributed by atoms with Crippen LogP contribution in [-0.4, -0.2) is 31.0 Å². The number of carbonyl (C=O) groups excluding carboxylic acids is 1. The zero-order valence-electron chi connectivity index (χ0n) is 10.0. The average Bonchev–Trinajstić information content (AvgIpc) is 2.73. The van der Waals surface area contributed by atoms with Crippen molar-refractivity contribution in [3.05, 3.63) is 28.7 Å². The van der Waals surface area contributed by atoms with Gasteiger partial charge in [0.15, 0.2) is 5.96 Å². The maximum atomic E-state index is 11.7. The molecule has 0 saturated carbocycles. The van der Waals surface area contributed by atoms with E-state index in [1.807, 2.05) is 31.2 Å². The lowest BCUT2D eigenvalue weighted by Crippen LogP contribution is -2.41. The second-order valence-electron chi connectivity index (χ2n) is 4.15. The molecular weight excluding hydrogens is 296 g/mol. The van der Waals surface area contributed by atoms with Crippen LogP contribution in [0, 0.1) is 0 Å². The number of hydrogen-bond donors (Lipinski definition) is 3. The zero-order chi connectivity index (χ0) is 13.0.